The Morgan fingerprint density at radius 2 is 1.65 bits per heavy atom. The highest BCUT2D eigenvalue weighted by Gasteiger charge is 2.51. The summed E-state index contributed by atoms with van der Waals surface area (Å²) in [4.78, 5) is 37.7. The third-order valence-corrected chi connectivity index (χ3v) is 9.27. The summed E-state index contributed by atoms with van der Waals surface area (Å²) in [5, 5.41) is 2.10. The minimum Gasteiger partial charge on any atom is -0.339 e. The van der Waals surface area contributed by atoms with Gasteiger partial charge in [0.15, 0.2) is 0 Å². The fourth-order valence-electron chi connectivity index (χ4n) is 6.96. The summed E-state index contributed by atoms with van der Waals surface area (Å²) in [5.41, 5.74) is 1.76. The van der Waals surface area contributed by atoms with Crippen LogP contribution in [0.2, 0.25) is 0 Å². The van der Waals surface area contributed by atoms with Crippen LogP contribution in [-0.4, -0.2) is 65.4 Å². The van der Waals surface area contributed by atoms with Gasteiger partial charge >= 0.3 is 0 Å². The van der Waals surface area contributed by atoms with Gasteiger partial charge in [0.1, 0.15) is 5.60 Å². The van der Waals surface area contributed by atoms with E-state index in [2.05, 4.69) is 59.9 Å². The van der Waals surface area contributed by atoms with Gasteiger partial charge in [-0.15, -0.1) is 6.58 Å². The van der Waals surface area contributed by atoms with Gasteiger partial charge in [-0.25, -0.2) is 0 Å². The Morgan fingerprint density at radius 1 is 1.00 bits per heavy atom. The van der Waals surface area contributed by atoms with Gasteiger partial charge in [-0.3, -0.25) is 14.4 Å². The molecule has 3 fully saturated rings. The Kier molecular flexibility index (Phi) is 9.38. The zero-order valence-corrected chi connectivity index (χ0v) is 24.0. The van der Waals surface area contributed by atoms with E-state index in [4.69, 9.17) is 4.84 Å². The average Bonchev–Trinajstić information content (AvgIpc) is 3.65. The van der Waals surface area contributed by atoms with Gasteiger partial charge in [0, 0.05) is 50.5 Å². The second-order valence-corrected chi connectivity index (χ2v) is 11.9. The molecule has 214 valence electrons. The first-order chi connectivity index (χ1) is 19.5. The molecule has 2 aliphatic heterocycles. The Balaban J connectivity index is 1.24. The van der Waals surface area contributed by atoms with Crippen LogP contribution in [0.15, 0.2) is 73.3 Å². The highest BCUT2D eigenvalue weighted by atomic mass is 16.7. The van der Waals surface area contributed by atoms with Crippen molar-refractivity contribution in [1.82, 2.24) is 14.9 Å². The lowest BCUT2D eigenvalue weighted by Gasteiger charge is -2.43. The maximum absolute atomic E-state index is 13.4. The van der Waals surface area contributed by atoms with E-state index in [-0.39, 0.29) is 23.8 Å². The number of hydrogen-bond acceptors (Lipinski definition) is 4. The summed E-state index contributed by atoms with van der Waals surface area (Å²) in [6.45, 7) is 9.53. The Morgan fingerprint density at radius 3 is 2.30 bits per heavy atom. The van der Waals surface area contributed by atoms with Gasteiger partial charge in [-0.1, -0.05) is 86.5 Å². The molecule has 0 bridgehead atoms. The van der Waals surface area contributed by atoms with Crippen LogP contribution in [0.3, 0.4) is 0 Å². The minimum atomic E-state index is -0.561. The smallest absolute Gasteiger partial charge is 0.225 e. The number of hydrogen-bond donors (Lipinski definition) is 0. The molecule has 2 heterocycles. The number of benzene rings is 2. The fourth-order valence-corrected chi connectivity index (χ4v) is 6.96. The van der Waals surface area contributed by atoms with Gasteiger partial charge in [0.05, 0.1) is 6.54 Å². The van der Waals surface area contributed by atoms with E-state index in [0.717, 1.165) is 70.1 Å². The molecule has 6 heteroatoms. The molecule has 1 aliphatic carbocycles. The number of carbonyl (C=O) groups is 2. The molecule has 3 aliphatic rings. The van der Waals surface area contributed by atoms with E-state index in [1.165, 1.54) is 5.56 Å². The third kappa shape index (κ3) is 6.34. The zero-order chi connectivity index (χ0) is 28.0. The van der Waals surface area contributed by atoms with E-state index in [9.17, 15) is 9.59 Å². The monoisotopic (exact) mass is 543 g/mol. The van der Waals surface area contributed by atoms with E-state index in [1.54, 1.807) is 0 Å². The second kappa shape index (κ2) is 13.1. The van der Waals surface area contributed by atoms with Gasteiger partial charge in [-0.2, -0.15) is 5.06 Å². The minimum absolute atomic E-state index is 0.171. The molecule has 2 atom stereocenters. The molecule has 1 saturated carbocycles. The van der Waals surface area contributed by atoms with Crippen molar-refractivity contribution in [1.29, 1.82) is 0 Å². The van der Waals surface area contributed by atoms with E-state index in [1.807, 2.05) is 35.2 Å². The first-order valence-electron chi connectivity index (χ1n) is 15.2. The van der Waals surface area contributed by atoms with Crippen molar-refractivity contribution < 1.29 is 14.4 Å². The zero-order valence-electron chi connectivity index (χ0n) is 24.0. The largest absolute Gasteiger partial charge is 0.339 e. The predicted octanol–water partition coefficient (Wildman–Crippen LogP) is 5.59. The average molecular weight is 544 g/mol. The summed E-state index contributed by atoms with van der Waals surface area (Å²) < 4.78 is 0. The van der Waals surface area contributed by atoms with Crippen LogP contribution in [0.25, 0.3) is 0 Å². The lowest BCUT2D eigenvalue weighted by molar-refractivity contribution is -0.268. The number of likely N-dealkylation sites (tertiary alicyclic amines) is 1. The van der Waals surface area contributed by atoms with E-state index < -0.39 is 5.60 Å². The molecule has 2 aromatic rings. The number of amides is 2. The van der Waals surface area contributed by atoms with Crippen molar-refractivity contribution in [2.45, 2.75) is 69.9 Å². The predicted molar refractivity (Wildman–Crippen MR) is 158 cm³/mol. The number of carbonyl (C=O) groups excluding carboxylic acids is 2. The second-order valence-electron chi connectivity index (χ2n) is 11.9. The maximum Gasteiger partial charge on any atom is 0.225 e. The first kappa shape index (κ1) is 28.6. The van der Waals surface area contributed by atoms with Crippen LogP contribution in [0.4, 0.5) is 0 Å². The number of hydroxylamine groups is 2. The summed E-state index contributed by atoms with van der Waals surface area (Å²) in [5.74, 6) is 0.840. The number of aryl methyl sites for hydroxylation is 1. The van der Waals surface area contributed by atoms with Crippen molar-refractivity contribution in [3.05, 3.63) is 84.4 Å². The molecule has 0 radical (unpaired) electrons. The van der Waals surface area contributed by atoms with E-state index >= 15 is 0 Å². The molecule has 6 nitrogen and oxygen atoms in total. The van der Waals surface area contributed by atoms with Crippen LogP contribution in [0.5, 0.6) is 0 Å². The van der Waals surface area contributed by atoms with Crippen LogP contribution in [0.1, 0.15) is 63.0 Å². The Hall–Kier alpha value is -2.96. The first-order valence-corrected chi connectivity index (χ1v) is 15.2. The van der Waals surface area contributed by atoms with Crippen molar-refractivity contribution in [3.63, 3.8) is 0 Å². The number of rotatable bonds is 10. The normalized spacial score (nSPS) is 24.3. The Bertz CT molecular complexity index is 1130. The van der Waals surface area contributed by atoms with Gasteiger partial charge in [0.2, 0.25) is 11.8 Å². The quantitative estimate of drug-likeness (QED) is 0.367. The lowest BCUT2D eigenvalue weighted by Crippen LogP contribution is -2.51. The van der Waals surface area contributed by atoms with Gasteiger partial charge < -0.3 is 9.80 Å². The van der Waals surface area contributed by atoms with Crippen molar-refractivity contribution >= 4 is 11.8 Å². The summed E-state index contributed by atoms with van der Waals surface area (Å²) >= 11 is 0. The molecule has 2 amide bonds. The molecule has 5 rings (SSSR count). The molecule has 2 aromatic carbocycles. The maximum atomic E-state index is 13.4. The molecule has 0 spiro atoms. The molecular formula is C34H45N3O3. The van der Waals surface area contributed by atoms with Gasteiger partial charge in [0.25, 0.3) is 0 Å². The molecule has 40 heavy (non-hydrogen) atoms. The SMILES string of the molecule is C=CCN(C(=O)CCc1ccccc1)C1CCN(O[C@]2(c3ccccc3)CN(C(=O)C3CCCC3)C[C@@H]2C)CC1. The van der Waals surface area contributed by atoms with Crippen LogP contribution in [-0.2, 0) is 26.4 Å². The lowest BCUT2D eigenvalue weighted by atomic mass is 9.85. The van der Waals surface area contributed by atoms with Crippen LogP contribution < -0.4 is 0 Å². The van der Waals surface area contributed by atoms with Crippen molar-refractivity contribution in [3.8, 4) is 0 Å². The van der Waals surface area contributed by atoms with Gasteiger partial charge in [-0.05, 0) is 43.2 Å². The molecule has 2 saturated heterocycles. The Labute approximate surface area is 239 Å². The summed E-state index contributed by atoms with van der Waals surface area (Å²) in [6.07, 6.45) is 9.16. The summed E-state index contributed by atoms with van der Waals surface area (Å²) in [7, 11) is 0. The molecule has 0 N–H and O–H groups in total. The number of piperidine rings is 1. The van der Waals surface area contributed by atoms with Crippen LogP contribution >= 0.6 is 0 Å². The molecule has 0 unspecified atom stereocenters. The highest BCUT2D eigenvalue weighted by molar-refractivity contribution is 5.79. The molecule has 0 aromatic heterocycles. The third-order valence-electron chi connectivity index (χ3n) is 9.27. The van der Waals surface area contributed by atoms with Crippen LogP contribution in [0, 0.1) is 11.8 Å². The van der Waals surface area contributed by atoms with Crippen molar-refractivity contribution in [2.75, 3.05) is 32.7 Å². The molecular weight excluding hydrogens is 498 g/mol. The highest BCUT2D eigenvalue weighted by Crippen LogP contribution is 2.43. The summed E-state index contributed by atoms with van der Waals surface area (Å²) in [6, 6.07) is 20.8. The van der Waals surface area contributed by atoms with E-state index in [0.29, 0.717) is 25.4 Å². The van der Waals surface area contributed by atoms with Crippen molar-refractivity contribution in [2.24, 2.45) is 11.8 Å². The number of nitrogens with zero attached hydrogens (tertiary/aromatic N) is 3. The topological polar surface area (TPSA) is 53.1 Å². The fraction of sp³-hybridized carbons (Fsp3) is 0.529. The standard InChI is InChI=1S/C34H45N3O3/c1-3-22-37(32(38)19-18-28-12-6-4-7-13-28)31-20-23-36(24-21-31)40-34(30-16-8-5-9-17-30)26-35(25-27(34)2)33(39)29-14-10-11-15-29/h3-9,12-13,16-17,27,29,31H,1,10-11,14-15,18-26H2,2H3/t27-,34+/m0/s1.